The van der Waals surface area contributed by atoms with E-state index in [-0.39, 0.29) is 39.1 Å². The first-order chi connectivity index (χ1) is 16.5. The van der Waals surface area contributed by atoms with Gasteiger partial charge in [0.1, 0.15) is 6.10 Å². The molecule has 9 atom stereocenters. The van der Waals surface area contributed by atoms with E-state index in [9.17, 15) is 14.7 Å². The second-order valence-electron chi connectivity index (χ2n) is 16.1. The molecule has 0 amide bonds. The summed E-state index contributed by atoms with van der Waals surface area (Å²) < 4.78 is 5.88. The number of carbonyl (C=O) groups is 2. The molecule has 0 aromatic rings. The first-order valence-corrected chi connectivity index (χ1v) is 14.9. The van der Waals surface area contributed by atoms with E-state index < -0.39 is 11.4 Å². The summed E-state index contributed by atoms with van der Waals surface area (Å²) in [5, 5.41) is 10.6. The molecule has 0 heterocycles. The lowest BCUT2D eigenvalue weighted by molar-refractivity contribution is -0.256. The molecule has 1 N–H and O–H groups in total. The molecule has 4 heteroatoms. The topological polar surface area (TPSA) is 63.6 Å². The predicted octanol–water partition coefficient (Wildman–Crippen LogP) is 7.88. The van der Waals surface area contributed by atoms with Gasteiger partial charge in [0.05, 0.1) is 5.41 Å². The minimum Gasteiger partial charge on any atom is -0.481 e. The average molecular weight is 501 g/mol. The molecule has 5 saturated carbocycles. The number of carboxylic acid groups (broad SMARTS) is 1. The van der Waals surface area contributed by atoms with Crippen LogP contribution in [-0.2, 0) is 14.3 Å². The summed E-state index contributed by atoms with van der Waals surface area (Å²) >= 11 is 0. The van der Waals surface area contributed by atoms with Crippen LogP contribution in [0.2, 0.25) is 0 Å². The van der Waals surface area contributed by atoms with Gasteiger partial charge in [-0.05, 0) is 116 Å². The van der Waals surface area contributed by atoms with Crippen molar-refractivity contribution in [1.82, 2.24) is 0 Å². The van der Waals surface area contributed by atoms with Crippen LogP contribution in [0.3, 0.4) is 0 Å². The maximum absolute atomic E-state index is 12.8. The van der Waals surface area contributed by atoms with Crippen molar-refractivity contribution in [3.8, 4) is 0 Å². The smallest absolute Gasteiger partial charge is 0.309 e. The van der Waals surface area contributed by atoms with Crippen molar-refractivity contribution < 1.29 is 19.4 Å². The van der Waals surface area contributed by atoms with Crippen LogP contribution in [0.1, 0.15) is 126 Å². The van der Waals surface area contributed by atoms with E-state index >= 15 is 0 Å². The normalized spacial score (nSPS) is 51.1. The summed E-state index contributed by atoms with van der Waals surface area (Å²) in [7, 11) is 0. The number of fused-ring (bicyclic) bond motifs is 7. The molecule has 0 spiro atoms. The van der Waals surface area contributed by atoms with E-state index in [0.29, 0.717) is 23.7 Å². The molecule has 0 aromatic heterocycles. The molecule has 0 saturated heterocycles. The van der Waals surface area contributed by atoms with Gasteiger partial charge in [0, 0.05) is 12.3 Å². The monoisotopic (exact) mass is 500 g/mol. The average Bonchev–Trinajstić information content (AvgIpc) is 2.75. The Kier molecular flexibility index (Phi) is 5.88. The SMILES string of the molecule is CC(=O)O[C@H]1CC[C@@]2(C)[C@H](CC[C@]3(C)[C@H]2CC[C@@H]2[C@@H]4CC(C)(C)CC[C@]4(C(=O)O)CC[C@]23C)C1(C)C. The van der Waals surface area contributed by atoms with Gasteiger partial charge in [-0.1, -0.05) is 48.5 Å². The molecular formula is C32H52O4. The molecule has 0 radical (unpaired) electrons. The van der Waals surface area contributed by atoms with Crippen molar-refractivity contribution in [3.63, 3.8) is 0 Å². The lowest BCUT2D eigenvalue weighted by Gasteiger charge is -2.73. The molecule has 204 valence electrons. The highest BCUT2D eigenvalue weighted by Gasteiger charge is 2.71. The van der Waals surface area contributed by atoms with E-state index in [1.807, 2.05) is 0 Å². The Morgan fingerprint density at radius 2 is 1.39 bits per heavy atom. The number of carboxylic acids is 1. The zero-order chi connectivity index (χ0) is 26.5. The van der Waals surface area contributed by atoms with E-state index in [1.54, 1.807) is 6.92 Å². The van der Waals surface area contributed by atoms with E-state index in [2.05, 4.69) is 48.5 Å². The number of aliphatic carboxylic acids is 1. The van der Waals surface area contributed by atoms with Crippen molar-refractivity contribution >= 4 is 11.9 Å². The standard InChI is InChI=1S/C32H52O4/c1-20(33)36-25-12-13-29(6)23(28(25,4)5)11-14-31(8)24(29)10-9-21-22-19-27(2,3)15-17-32(22,26(34)35)18-16-30(21,31)7/h21-25H,9-19H2,1-8H3,(H,34,35)/t21-,22+,23-,24+,25+,29+,30-,31-,32+/m1/s1. The van der Waals surface area contributed by atoms with Crippen molar-refractivity contribution in [1.29, 1.82) is 0 Å². The van der Waals surface area contributed by atoms with E-state index in [0.717, 1.165) is 44.9 Å². The van der Waals surface area contributed by atoms with Crippen molar-refractivity contribution in [2.75, 3.05) is 0 Å². The summed E-state index contributed by atoms with van der Waals surface area (Å²) in [4.78, 5) is 24.7. The van der Waals surface area contributed by atoms with Crippen LogP contribution in [0, 0.1) is 56.2 Å². The first kappa shape index (κ1) is 26.5. The van der Waals surface area contributed by atoms with Crippen molar-refractivity contribution in [2.45, 2.75) is 132 Å². The van der Waals surface area contributed by atoms with Gasteiger partial charge in [-0.15, -0.1) is 0 Å². The van der Waals surface area contributed by atoms with Gasteiger partial charge in [0.2, 0.25) is 0 Å². The van der Waals surface area contributed by atoms with Crippen LogP contribution in [0.4, 0.5) is 0 Å². The molecule has 5 aliphatic carbocycles. The molecule has 5 fully saturated rings. The third-order valence-corrected chi connectivity index (χ3v) is 13.9. The Morgan fingerprint density at radius 3 is 2.03 bits per heavy atom. The highest BCUT2D eigenvalue weighted by atomic mass is 16.5. The van der Waals surface area contributed by atoms with Crippen LogP contribution < -0.4 is 0 Å². The van der Waals surface area contributed by atoms with Crippen LogP contribution in [0.25, 0.3) is 0 Å². The van der Waals surface area contributed by atoms with E-state index in [4.69, 9.17) is 4.74 Å². The molecular weight excluding hydrogens is 448 g/mol. The quantitative estimate of drug-likeness (QED) is 0.392. The summed E-state index contributed by atoms with van der Waals surface area (Å²) in [6.07, 6.45) is 11.8. The minimum atomic E-state index is -0.515. The maximum atomic E-state index is 12.8. The van der Waals surface area contributed by atoms with Crippen LogP contribution in [0.15, 0.2) is 0 Å². The van der Waals surface area contributed by atoms with Gasteiger partial charge < -0.3 is 9.84 Å². The van der Waals surface area contributed by atoms with Crippen molar-refractivity contribution in [3.05, 3.63) is 0 Å². The summed E-state index contributed by atoms with van der Waals surface area (Å²) in [6.45, 7) is 18.8. The number of hydrogen-bond acceptors (Lipinski definition) is 3. The number of esters is 1. The van der Waals surface area contributed by atoms with Gasteiger partial charge in [0.25, 0.3) is 0 Å². The molecule has 5 rings (SSSR count). The Labute approximate surface area is 219 Å². The minimum absolute atomic E-state index is 0.0136. The largest absolute Gasteiger partial charge is 0.481 e. The Morgan fingerprint density at radius 1 is 0.722 bits per heavy atom. The third kappa shape index (κ3) is 3.36. The lowest BCUT2D eigenvalue weighted by atomic mass is 9.31. The van der Waals surface area contributed by atoms with Crippen LogP contribution >= 0.6 is 0 Å². The zero-order valence-electron chi connectivity index (χ0n) is 24.3. The Bertz CT molecular complexity index is 936. The maximum Gasteiger partial charge on any atom is 0.309 e. The summed E-state index contributed by atoms with van der Waals surface area (Å²) in [5.41, 5.74) is 0.385. The zero-order valence-corrected chi connectivity index (χ0v) is 24.3. The predicted molar refractivity (Wildman–Crippen MR) is 142 cm³/mol. The van der Waals surface area contributed by atoms with Gasteiger partial charge in [-0.3, -0.25) is 9.59 Å². The van der Waals surface area contributed by atoms with Crippen LogP contribution in [-0.4, -0.2) is 23.1 Å². The summed E-state index contributed by atoms with van der Waals surface area (Å²) in [5.74, 6) is 1.35. The molecule has 4 nitrogen and oxygen atoms in total. The van der Waals surface area contributed by atoms with Gasteiger partial charge in [-0.25, -0.2) is 0 Å². The van der Waals surface area contributed by atoms with Crippen molar-refractivity contribution in [2.24, 2.45) is 56.2 Å². The fourth-order valence-corrected chi connectivity index (χ4v) is 11.8. The van der Waals surface area contributed by atoms with Gasteiger partial charge in [-0.2, -0.15) is 0 Å². The molecule has 0 aliphatic heterocycles. The molecule has 36 heavy (non-hydrogen) atoms. The fourth-order valence-electron chi connectivity index (χ4n) is 11.8. The molecule has 0 aromatic carbocycles. The van der Waals surface area contributed by atoms with Crippen LogP contribution in [0.5, 0.6) is 0 Å². The third-order valence-electron chi connectivity index (χ3n) is 13.9. The van der Waals surface area contributed by atoms with Gasteiger partial charge >= 0.3 is 11.9 Å². The number of carbonyl (C=O) groups excluding carboxylic acids is 1. The Hall–Kier alpha value is -1.06. The number of ether oxygens (including phenoxy) is 1. The lowest BCUT2D eigenvalue weighted by Crippen LogP contribution is -2.67. The summed E-state index contributed by atoms with van der Waals surface area (Å²) in [6, 6.07) is 0. The van der Waals surface area contributed by atoms with Gasteiger partial charge in [0.15, 0.2) is 0 Å². The fraction of sp³-hybridized carbons (Fsp3) is 0.938. The molecule has 0 bridgehead atoms. The van der Waals surface area contributed by atoms with E-state index in [1.165, 1.54) is 25.7 Å². The first-order valence-electron chi connectivity index (χ1n) is 14.9. The highest BCUT2D eigenvalue weighted by molar-refractivity contribution is 5.75. The second kappa shape index (κ2) is 7.98. The number of rotatable bonds is 2. The molecule has 5 aliphatic rings. The second-order valence-corrected chi connectivity index (χ2v) is 16.1. The molecule has 0 unspecified atom stereocenters. The Balaban J connectivity index is 1.50. The number of hydrogen-bond donors (Lipinski definition) is 1. The highest BCUT2D eigenvalue weighted by Crippen LogP contribution is 2.77.